The van der Waals surface area contributed by atoms with Gasteiger partial charge in [-0.2, -0.15) is 0 Å². The summed E-state index contributed by atoms with van der Waals surface area (Å²) >= 11 is 0. The van der Waals surface area contributed by atoms with Gasteiger partial charge in [-0.15, -0.1) is 0 Å². The second kappa shape index (κ2) is 8.03. The van der Waals surface area contributed by atoms with Crippen molar-refractivity contribution in [2.75, 3.05) is 48.6 Å². The third-order valence-corrected chi connectivity index (χ3v) is 5.02. The molecule has 3 rings (SSSR count). The number of β-amino-alcohol motifs (C(OH)–C–C–N with tert-alkyl or cyclic N) is 1. The molecular formula is C18H24N4O3S. The van der Waals surface area contributed by atoms with E-state index in [1.807, 2.05) is 12.3 Å². The number of sulfonamides is 1. The lowest BCUT2D eigenvalue weighted by atomic mass is 10.1. The highest BCUT2D eigenvalue weighted by molar-refractivity contribution is 7.92. The molecule has 1 atom stereocenters. The van der Waals surface area contributed by atoms with Crippen LogP contribution in [0.3, 0.4) is 0 Å². The van der Waals surface area contributed by atoms with Crippen molar-refractivity contribution >= 4 is 21.4 Å². The van der Waals surface area contributed by atoms with Crippen molar-refractivity contribution in [3.63, 3.8) is 0 Å². The summed E-state index contributed by atoms with van der Waals surface area (Å²) in [5.41, 5.74) is 2.40. The Morgan fingerprint density at radius 3 is 2.42 bits per heavy atom. The van der Waals surface area contributed by atoms with E-state index < -0.39 is 16.1 Å². The van der Waals surface area contributed by atoms with Gasteiger partial charge < -0.3 is 10.0 Å². The molecule has 0 spiro atoms. The van der Waals surface area contributed by atoms with Gasteiger partial charge in [0.1, 0.15) is 0 Å². The number of aromatic nitrogens is 1. The molecule has 2 heterocycles. The van der Waals surface area contributed by atoms with Crippen LogP contribution in [0.25, 0.3) is 0 Å². The van der Waals surface area contributed by atoms with Crippen LogP contribution < -0.4 is 9.62 Å². The average molecular weight is 376 g/mol. The summed E-state index contributed by atoms with van der Waals surface area (Å²) in [5.74, 6) is 0. The Bertz CT molecular complexity index is 804. The normalized spacial score (nSPS) is 17.1. The molecule has 1 saturated heterocycles. The first-order valence-electron chi connectivity index (χ1n) is 8.54. The summed E-state index contributed by atoms with van der Waals surface area (Å²) in [6, 6.07) is 10.8. The number of benzene rings is 1. The van der Waals surface area contributed by atoms with Crippen LogP contribution in [0.1, 0.15) is 11.7 Å². The summed E-state index contributed by atoms with van der Waals surface area (Å²) < 4.78 is 24.9. The van der Waals surface area contributed by atoms with E-state index in [1.54, 1.807) is 30.5 Å². The fourth-order valence-electron chi connectivity index (χ4n) is 3.07. The molecule has 1 aliphatic rings. The van der Waals surface area contributed by atoms with Crippen molar-refractivity contribution in [2.24, 2.45) is 0 Å². The zero-order valence-corrected chi connectivity index (χ0v) is 15.6. The first kappa shape index (κ1) is 18.6. The number of piperazine rings is 1. The van der Waals surface area contributed by atoms with Crippen LogP contribution in [0.4, 0.5) is 11.4 Å². The molecule has 0 aliphatic carbocycles. The average Bonchev–Trinajstić information content (AvgIpc) is 2.62. The molecule has 26 heavy (non-hydrogen) atoms. The summed E-state index contributed by atoms with van der Waals surface area (Å²) in [7, 11) is -3.29. The number of pyridine rings is 1. The Morgan fingerprint density at radius 1 is 1.15 bits per heavy atom. The third kappa shape index (κ3) is 5.17. The Kier molecular flexibility index (Phi) is 5.75. The first-order chi connectivity index (χ1) is 12.4. The van der Waals surface area contributed by atoms with E-state index in [0.717, 1.165) is 43.7 Å². The number of aliphatic hydroxyl groups is 1. The second-order valence-corrected chi connectivity index (χ2v) is 8.26. The molecule has 2 aromatic rings. The van der Waals surface area contributed by atoms with Gasteiger partial charge in [0.2, 0.25) is 10.0 Å². The minimum Gasteiger partial charge on any atom is -0.387 e. The zero-order chi connectivity index (χ0) is 18.6. The Hall–Kier alpha value is -2.16. The van der Waals surface area contributed by atoms with Crippen LogP contribution in [0.2, 0.25) is 0 Å². The van der Waals surface area contributed by atoms with Crippen molar-refractivity contribution in [3.8, 4) is 0 Å². The van der Waals surface area contributed by atoms with Crippen LogP contribution in [0, 0.1) is 0 Å². The highest BCUT2D eigenvalue weighted by atomic mass is 32.2. The molecule has 140 valence electrons. The molecule has 8 heteroatoms. The Labute approximate surface area is 154 Å². The summed E-state index contributed by atoms with van der Waals surface area (Å²) in [6.07, 6.45) is 4.15. The number of anilines is 2. The van der Waals surface area contributed by atoms with Gasteiger partial charge in [-0.1, -0.05) is 12.1 Å². The predicted molar refractivity (Wildman–Crippen MR) is 103 cm³/mol. The van der Waals surface area contributed by atoms with Gasteiger partial charge in [-0.25, -0.2) is 8.42 Å². The highest BCUT2D eigenvalue weighted by Crippen LogP contribution is 2.20. The molecule has 7 nitrogen and oxygen atoms in total. The summed E-state index contributed by atoms with van der Waals surface area (Å²) in [5, 5.41) is 10.5. The fraction of sp³-hybridized carbons (Fsp3) is 0.389. The van der Waals surface area contributed by atoms with Crippen molar-refractivity contribution in [3.05, 3.63) is 54.4 Å². The lowest BCUT2D eigenvalue weighted by molar-refractivity contribution is 0.109. The Morgan fingerprint density at radius 2 is 1.85 bits per heavy atom. The number of nitrogens with zero attached hydrogens (tertiary/aromatic N) is 3. The SMILES string of the molecule is CS(=O)(=O)Nc1ccc(C(O)CN2CCN(c3cccnc3)CC2)cc1. The van der Waals surface area contributed by atoms with Crippen LogP contribution in [0.15, 0.2) is 48.8 Å². The van der Waals surface area contributed by atoms with Gasteiger partial charge >= 0.3 is 0 Å². The van der Waals surface area contributed by atoms with Crippen molar-refractivity contribution < 1.29 is 13.5 Å². The summed E-state index contributed by atoms with van der Waals surface area (Å²) in [4.78, 5) is 8.69. The molecule has 1 aromatic heterocycles. The van der Waals surface area contributed by atoms with E-state index in [0.29, 0.717) is 12.2 Å². The number of aliphatic hydroxyl groups excluding tert-OH is 1. The lowest BCUT2D eigenvalue weighted by Crippen LogP contribution is -2.47. The Balaban J connectivity index is 1.52. The molecule has 1 aliphatic heterocycles. The smallest absolute Gasteiger partial charge is 0.229 e. The van der Waals surface area contributed by atoms with E-state index in [2.05, 4.69) is 25.6 Å². The maximum Gasteiger partial charge on any atom is 0.229 e. The van der Waals surface area contributed by atoms with Gasteiger partial charge in [0.15, 0.2) is 0 Å². The van der Waals surface area contributed by atoms with E-state index in [1.165, 1.54) is 0 Å². The monoisotopic (exact) mass is 376 g/mol. The van der Waals surface area contributed by atoms with Crippen LogP contribution in [-0.2, 0) is 10.0 Å². The van der Waals surface area contributed by atoms with E-state index in [4.69, 9.17) is 0 Å². The maximum atomic E-state index is 11.2. The number of hydrogen-bond acceptors (Lipinski definition) is 6. The van der Waals surface area contributed by atoms with Gasteiger partial charge in [-0.3, -0.25) is 14.6 Å². The van der Waals surface area contributed by atoms with Gasteiger partial charge in [0.25, 0.3) is 0 Å². The minimum absolute atomic E-state index is 0.494. The van der Waals surface area contributed by atoms with Crippen molar-refractivity contribution in [2.45, 2.75) is 6.10 Å². The quantitative estimate of drug-likeness (QED) is 0.791. The van der Waals surface area contributed by atoms with Gasteiger partial charge in [0.05, 0.1) is 24.2 Å². The largest absolute Gasteiger partial charge is 0.387 e. The molecular weight excluding hydrogens is 352 g/mol. The number of nitrogens with one attached hydrogen (secondary N) is 1. The molecule has 1 unspecified atom stereocenters. The molecule has 0 amide bonds. The number of rotatable bonds is 6. The first-order valence-corrected chi connectivity index (χ1v) is 10.4. The highest BCUT2D eigenvalue weighted by Gasteiger charge is 2.20. The van der Waals surface area contributed by atoms with Crippen molar-refractivity contribution in [1.29, 1.82) is 0 Å². The molecule has 0 radical (unpaired) electrons. The topological polar surface area (TPSA) is 85.8 Å². The standard InChI is InChI=1S/C18H24N4O3S/c1-26(24,25)20-16-6-4-15(5-7-16)18(23)14-21-9-11-22(12-10-21)17-3-2-8-19-13-17/h2-8,13,18,20,23H,9-12,14H2,1H3. The molecule has 0 bridgehead atoms. The number of hydrogen-bond donors (Lipinski definition) is 2. The van der Waals surface area contributed by atoms with Gasteiger partial charge in [0, 0.05) is 44.6 Å². The molecule has 2 N–H and O–H groups in total. The van der Waals surface area contributed by atoms with Crippen molar-refractivity contribution in [1.82, 2.24) is 9.88 Å². The van der Waals surface area contributed by atoms with Crippen LogP contribution >= 0.6 is 0 Å². The maximum absolute atomic E-state index is 11.2. The van der Waals surface area contributed by atoms with Crippen LogP contribution in [0.5, 0.6) is 0 Å². The summed E-state index contributed by atoms with van der Waals surface area (Å²) in [6.45, 7) is 4.10. The lowest BCUT2D eigenvalue weighted by Gasteiger charge is -2.36. The van der Waals surface area contributed by atoms with Gasteiger partial charge in [-0.05, 0) is 29.8 Å². The van der Waals surface area contributed by atoms with E-state index in [-0.39, 0.29) is 0 Å². The van der Waals surface area contributed by atoms with E-state index in [9.17, 15) is 13.5 Å². The zero-order valence-electron chi connectivity index (χ0n) is 14.7. The second-order valence-electron chi connectivity index (χ2n) is 6.51. The molecule has 0 saturated carbocycles. The molecule has 1 fully saturated rings. The van der Waals surface area contributed by atoms with Crippen LogP contribution in [-0.4, -0.2) is 62.4 Å². The van der Waals surface area contributed by atoms with E-state index >= 15 is 0 Å². The molecule has 1 aromatic carbocycles. The minimum atomic E-state index is -3.29. The third-order valence-electron chi connectivity index (χ3n) is 4.41. The fourth-order valence-corrected chi connectivity index (χ4v) is 3.63. The predicted octanol–water partition coefficient (Wildman–Crippen LogP) is 1.31.